The Kier molecular flexibility index (Phi) is 9.90. The van der Waals surface area contributed by atoms with Gasteiger partial charge in [-0.1, -0.05) is 30.7 Å². The van der Waals surface area contributed by atoms with Gasteiger partial charge in [-0.05, 0) is 57.8 Å². The molecule has 3 N–H and O–H groups in total. The summed E-state index contributed by atoms with van der Waals surface area (Å²) in [6.45, 7) is 11.1. The second-order valence-corrected chi connectivity index (χ2v) is 9.58. The molecule has 1 heterocycles. The van der Waals surface area contributed by atoms with Gasteiger partial charge in [0.05, 0.1) is 12.3 Å². The van der Waals surface area contributed by atoms with E-state index in [0.717, 1.165) is 36.7 Å². The predicted molar refractivity (Wildman–Crippen MR) is 120 cm³/mol. The van der Waals surface area contributed by atoms with Crippen LogP contribution in [0.4, 0.5) is 0 Å². The van der Waals surface area contributed by atoms with E-state index in [4.69, 9.17) is 0 Å². The molecular formula is C21H37N5O2S. The number of guanidine groups is 1. The van der Waals surface area contributed by atoms with Crippen LogP contribution in [0.15, 0.2) is 29.3 Å². The van der Waals surface area contributed by atoms with Crippen molar-refractivity contribution >= 4 is 16.0 Å². The van der Waals surface area contributed by atoms with Gasteiger partial charge in [0.25, 0.3) is 0 Å². The molecule has 0 atom stereocenters. The number of aliphatic imine (C=N–C) groups is 1. The van der Waals surface area contributed by atoms with E-state index in [2.05, 4.69) is 25.2 Å². The number of hydrogen-bond donors (Lipinski definition) is 3. The second-order valence-electron chi connectivity index (χ2n) is 7.82. The lowest BCUT2D eigenvalue weighted by atomic mass is 10.1. The van der Waals surface area contributed by atoms with Gasteiger partial charge in [-0.25, -0.2) is 18.1 Å². The fourth-order valence-corrected chi connectivity index (χ4v) is 4.97. The molecule has 0 spiro atoms. The highest BCUT2D eigenvalue weighted by atomic mass is 32.2. The van der Waals surface area contributed by atoms with E-state index in [-0.39, 0.29) is 11.8 Å². The van der Waals surface area contributed by atoms with Crippen molar-refractivity contribution in [2.45, 2.75) is 58.4 Å². The SMILES string of the molecule is CCNC(=NCc1ccccc1CS(=O)(=O)NC(C)C)NCCN1CCCCC1. The van der Waals surface area contributed by atoms with Crippen LogP contribution in [0.1, 0.15) is 51.2 Å². The van der Waals surface area contributed by atoms with E-state index in [0.29, 0.717) is 6.54 Å². The molecule has 0 radical (unpaired) electrons. The lowest BCUT2D eigenvalue weighted by Crippen LogP contribution is -2.42. The first kappa shape index (κ1) is 23.6. The van der Waals surface area contributed by atoms with Crippen molar-refractivity contribution in [3.05, 3.63) is 35.4 Å². The third kappa shape index (κ3) is 9.14. The van der Waals surface area contributed by atoms with Crippen molar-refractivity contribution in [2.75, 3.05) is 32.7 Å². The van der Waals surface area contributed by atoms with Gasteiger partial charge in [-0.15, -0.1) is 0 Å². The van der Waals surface area contributed by atoms with Gasteiger partial charge in [0.1, 0.15) is 0 Å². The summed E-state index contributed by atoms with van der Waals surface area (Å²) in [6, 6.07) is 7.49. The summed E-state index contributed by atoms with van der Waals surface area (Å²) in [5.74, 6) is 0.734. The standard InChI is InChI=1S/C21H37N5O2S/c1-4-22-21(23-12-15-26-13-8-5-9-14-26)24-16-19-10-6-7-11-20(19)17-29(27,28)25-18(2)3/h6-7,10-11,18,25H,4-5,8-9,12-17H2,1-3H3,(H2,22,23,24). The monoisotopic (exact) mass is 423 g/mol. The molecule has 0 aromatic heterocycles. The molecule has 0 unspecified atom stereocenters. The van der Waals surface area contributed by atoms with E-state index >= 15 is 0 Å². The van der Waals surface area contributed by atoms with E-state index in [1.165, 1.54) is 32.4 Å². The molecule has 1 aliphatic heterocycles. The molecule has 0 amide bonds. The molecule has 1 fully saturated rings. The summed E-state index contributed by atoms with van der Waals surface area (Å²) in [4.78, 5) is 7.17. The third-order valence-electron chi connectivity index (χ3n) is 4.80. The first-order valence-electron chi connectivity index (χ1n) is 10.7. The van der Waals surface area contributed by atoms with Crippen LogP contribution in [-0.4, -0.2) is 58.0 Å². The highest BCUT2D eigenvalue weighted by molar-refractivity contribution is 7.88. The molecule has 2 rings (SSSR count). The molecule has 1 aliphatic rings. The fourth-order valence-electron chi connectivity index (χ4n) is 3.48. The van der Waals surface area contributed by atoms with Crippen LogP contribution >= 0.6 is 0 Å². The highest BCUT2D eigenvalue weighted by Crippen LogP contribution is 2.14. The van der Waals surface area contributed by atoms with E-state index in [9.17, 15) is 8.42 Å². The lowest BCUT2D eigenvalue weighted by molar-refractivity contribution is 0.232. The Morgan fingerprint density at radius 3 is 2.45 bits per heavy atom. The number of likely N-dealkylation sites (tertiary alicyclic amines) is 1. The molecule has 0 saturated carbocycles. The average Bonchev–Trinajstić information content (AvgIpc) is 2.66. The Bertz CT molecular complexity index is 743. The maximum Gasteiger partial charge on any atom is 0.216 e. The van der Waals surface area contributed by atoms with Crippen molar-refractivity contribution in [3.63, 3.8) is 0 Å². The fraction of sp³-hybridized carbons (Fsp3) is 0.667. The molecule has 164 valence electrons. The van der Waals surface area contributed by atoms with Crippen molar-refractivity contribution in [1.82, 2.24) is 20.3 Å². The lowest BCUT2D eigenvalue weighted by Gasteiger charge is -2.26. The molecule has 1 aromatic carbocycles. The first-order chi connectivity index (χ1) is 13.9. The van der Waals surface area contributed by atoms with Gasteiger partial charge in [-0.3, -0.25) is 0 Å². The molecule has 7 nitrogen and oxygen atoms in total. The van der Waals surface area contributed by atoms with Gasteiger partial charge in [0.15, 0.2) is 5.96 Å². The van der Waals surface area contributed by atoms with Crippen LogP contribution in [0.3, 0.4) is 0 Å². The van der Waals surface area contributed by atoms with Crippen molar-refractivity contribution in [3.8, 4) is 0 Å². The number of sulfonamides is 1. The summed E-state index contributed by atoms with van der Waals surface area (Å²) in [7, 11) is -3.37. The smallest absolute Gasteiger partial charge is 0.216 e. The van der Waals surface area contributed by atoms with E-state index < -0.39 is 10.0 Å². The summed E-state index contributed by atoms with van der Waals surface area (Å²) >= 11 is 0. The Hall–Kier alpha value is -1.64. The van der Waals surface area contributed by atoms with Gasteiger partial charge in [0.2, 0.25) is 10.0 Å². The van der Waals surface area contributed by atoms with Crippen molar-refractivity contribution in [1.29, 1.82) is 0 Å². The van der Waals surface area contributed by atoms with Crippen LogP contribution in [0, 0.1) is 0 Å². The maximum atomic E-state index is 12.3. The van der Waals surface area contributed by atoms with Crippen LogP contribution < -0.4 is 15.4 Å². The van der Waals surface area contributed by atoms with Crippen LogP contribution in [0.5, 0.6) is 0 Å². The number of hydrogen-bond acceptors (Lipinski definition) is 4. The van der Waals surface area contributed by atoms with Crippen LogP contribution in [0.25, 0.3) is 0 Å². The molecule has 0 aliphatic carbocycles. The molecule has 29 heavy (non-hydrogen) atoms. The van der Waals surface area contributed by atoms with Gasteiger partial charge >= 0.3 is 0 Å². The molecule has 1 aromatic rings. The topological polar surface area (TPSA) is 85.8 Å². The number of benzene rings is 1. The van der Waals surface area contributed by atoms with Gasteiger partial charge in [-0.2, -0.15) is 0 Å². The predicted octanol–water partition coefficient (Wildman–Crippen LogP) is 2.06. The van der Waals surface area contributed by atoms with E-state index in [1.807, 2.05) is 45.0 Å². The molecule has 0 bridgehead atoms. The minimum Gasteiger partial charge on any atom is -0.357 e. The largest absolute Gasteiger partial charge is 0.357 e. The number of rotatable bonds is 10. The minimum atomic E-state index is -3.37. The minimum absolute atomic E-state index is 0.0319. The third-order valence-corrected chi connectivity index (χ3v) is 6.32. The summed E-state index contributed by atoms with van der Waals surface area (Å²) in [5, 5.41) is 6.67. The quantitative estimate of drug-likeness (QED) is 0.396. The van der Waals surface area contributed by atoms with Crippen molar-refractivity contribution < 1.29 is 8.42 Å². The second kappa shape index (κ2) is 12.1. The number of nitrogens with one attached hydrogen (secondary N) is 3. The van der Waals surface area contributed by atoms with Crippen LogP contribution in [-0.2, 0) is 22.3 Å². The maximum absolute atomic E-state index is 12.3. The summed E-state index contributed by atoms with van der Waals surface area (Å²) in [6.07, 6.45) is 3.93. The Morgan fingerprint density at radius 1 is 1.10 bits per heavy atom. The summed E-state index contributed by atoms with van der Waals surface area (Å²) in [5.41, 5.74) is 1.71. The summed E-state index contributed by atoms with van der Waals surface area (Å²) < 4.78 is 27.3. The number of piperidine rings is 1. The Labute approximate surface area is 176 Å². The normalized spacial score (nSPS) is 16.2. The zero-order valence-corrected chi connectivity index (χ0v) is 18.9. The molecule has 8 heteroatoms. The van der Waals surface area contributed by atoms with Crippen LogP contribution in [0.2, 0.25) is 0 Å². The zero-order chi connectivity index (χ0) is 21.1. The Morgan fingerprint density at radius 2 is 1.79 bits per heavy atom. The first-order valence-corrected chi connectivity index (χ1v) is 12.4. The van der Waals surface area contributed by atoms with E-state index in [1.54, 1.807) is 0 Å². The average molecular weight is 424 g/mol. The highest BCUT2D eigenvalue weighted by Gasteiger charge is 2.15. The van der Waals surface area contributed by atoms with Gasteiger partial charge in [0, 0.05) is 25.7 Å². The molecular weight excluding hydrogens is 386 g/mol. The van der Waals surface area contributed by atoms with Crippen molar-refractivity contribution in [2.24, 2.45) is 4.99 Å². The Balaban J connectivity index is 1.97. The zero-order valence-electron chi connectivity index (χ0n) is 18.1. The number of nitrogens with zero attached hydrogens (tertiary/aromatic N) is 2. The van der Waals surface area contributed by atoms with Gasteiger partial charge < -0.3 is 15.5 Å². The molecule has 1 saturated heterocycles.